The van der Waals surface area contributed by atoms with Crippen LogP contribution < -0.4 is 61.6 Å². The standard InChI is InChI=1S/C36H52N2O5S.K/c1-3-4-5-6-7-8-9-10-11-12-13-14-15-16-17-20-27-38(2)34-26-24-30(44(41,42)43)28-33(34)37-36(40)32-25-23-29-21-18-19-22-31(29)35(32)39;/h18-19,21-26,28,39H,3-17,20,27H2,1-2H3,(H,37,40)(H,41,42,43);/q;+1/p-1. The van der Waals surface area contributed by atoms with Crippen molar-refractivity contribution in [3.8, 4) is 5.75 Å². The van der Waals surface area contributed by atoms with Crippen LogP contribution in [0.2, 0.25) is 0 Å². The van der Waals surface area contributed by atoms with E-state index in [2.05, 4.69) is 12.2 Å². The van der Waals surface area contributed by atoms with Crippen molar-refractivity contribution in [2.24, 2.45) is 0 Å². The number of amides is 1. The van der Waals surface area contributed by atoms with Crippen molar-refractivity contribution < 1.29 is 74.3 Å². The van der Waals surface area contributed by atoms with Crippen LogP contribution in [0.5, 0.6) is 5.75 Å². The van der Waals surface area contributed by atoms with Crippen LogP contribution in [0.1, 0.15) is 120 Å². The molecule has 0 aliphatic heterocycles. The van der Waals surface area contributed by atoms with Gasteiger partial charge in [0.1, 0.15) is 15.9 Å². The summed E-state index contributed by atoms with van der Waals surface area (Å²) < 4.78 is 35.2. The predicted octanol–water partition coefficient (Wildman–Crippen LogP) is 6.40. The Balaban J connectivity index is 0.00000705. The third kappa shape index (κ3) is 13.7. The fraction of sp³-hybridized carbons (Fsp3) is 0.528. The number of unbranched alkanes of at least 4 members (excludes halogenated alkanes) is 15. The first-order valence-corrected chi connectivity index (χ1v) is 18.0. The smallest absolute Gasteiger partial charge is 0.744 e. The maximum Gasteiger partial charge on any atom is 1.00 e. The molecule has 0 saturated heterocycles. The van der Waals surface area contributed by atoms with E-state index in [1.54, 1.807) is 24.3 Å². The van der Waals surface area contributed by atoms with E-state index in [-0.39, 0.29) is 68.4 Å². The van der Waals surface area contributed by atoms with Gasteiger partial charge in [0.15, 0.2) is 0 Å². The monoisotopic (exact) mass is 662 g/mol. The maximum absolute atomic E-state index is 13.2. The van der Waals surface area contributed by atoms with Gasteiger partial charge in [0.2, 0.25) is 0 Å². The summed E-state index contributed by atoms with van der Waals surface area (Å²) in [5, 5.41) is 14.8. The molecule has 3 rings (SSSR count). The number of nitrogens with one attached hydrogen (secondary N) is 1. The van der Waals surface area contributed by atoms with E-state index in [0.717, 1.165) is 18.2 Å². The molecule has 3 aromatic carbocycles. The Kier molecular flexibility index (Phi) is 18.9. The van der Waals surface area contributed by atoms with Crippen LogP contribution in [-0.4, -0.2) is 37.6 Å². The molecule has 45 heavy (non-hydrogen) atoms. The SMILES string of the molecule is CCCCCCCCCCCCCCCCCCN(C)c1ccc(S(=O)(=O)[O-])cc1NC(=O)c1ccc2ccccc2c1O.[K+]. The second-order valence-electron chi connectivity index (χ2n) is 12.0. The van der Waals surface area contributed by atoms with Crippen molar-refractivity contribution in [3.05, 3.63) is 60.2 Å². The summed E-state index contributed by atoms with van der Waals surface area (Å²) in [6.07, 6.45) is 20.7. The molecular formula is C36H51KN2O5S. The Hall–Kier alpha value is -1.46. The van der Waals surface area contributed by atoms with Gasteiger partial charge >= 0.3 is 51.4 Å². The molecule has 1 amide bonds. The number of hydrogen-bond donors (Lipinski definition) is 2. The van der Waals surface area contributed by atoms with Crippen molar-refractivity contribution in [1.82, 2.24) is 0 Å². The van der Waals surface area contributed by atoms with Crippen molar-refractivity contribution in [1.29, 1.82) is 0 Å². The van der Waals surface area contributed by atoms with Crippen molar-refractivity contribution in [2.45, 2.75) is 115 Å². The number of phenols is 1. The number of aromatic hydroxyl groups is 1. The van der Waals surface area contributed by atoms with Gasteiger partial charge in [-0.15, -0.1) is 0 Å². The van der Waals surface area contributed by atoms with E-state index in [9.17, 15) is 22.9 Å². The van der Waals surface area contributed by atoms with Crippen molar-refractivity contribution in [2.75, 3.05) is 23.8 Å². The van der Waals surface area contributed by atoms with Crippen LogP contribution in [0.4, 0.5) is 11.4 Å². The Morgan fingerprint density at radius 3 is 1.87 bits per heavy atom. The summed E-state index contributed by atoms with van der Waals surface area (Å²) >= 11 is 0. The van der Waals surface area contributed by atoms with Crippen LogP contribution in [0.15, 0.2) is 59.5 Å². The minimum absolute atomic E-state index is 0. The molecule has 0 bridgehead atoms. The van der Waals surface area contributed by atoms with E-state index in [1.165, 1.54) is 108 Å². The number of carbonyl (C=O) groups is 1. The molecule has 0 aliphatic carbocycles. The summed E-state index contributed by atoms with van der Waals surface area (Å²) in [6, 6.07) is 14.5. The van der Waals surface area contributed by atoms with Gasteiger partial charge in [-0.1, -0.05) is 134 Å². The van der Waals surface area contributed by atoms with Crippen LogP contribution >= 0.6 is 0 Å². The molecule has 242 valence electrons. The molecule has 0 atom stereocenters. The number of hydrogen-bond acceptors (Lipinski definition) is 6. The van der Waals surface area contributed by atoms with Crippen LogP contribution in [0.25, 0.3) is 10.8 Å². The summed E-state index contributed by atoms with van der Waals surface area (Å²) in [7, 11) is -2.83. The zero-order valence-electron chi connectivity index (χ0n) is 27.7. The molecule has 0 aliphatic rings. The molecule has 0 aromatic heterocycles. The van der Waals surface area contributed by atoms with Crippen LogP contribution in [-0.2, 0) is 10.1 Å². The van der Waals surface area contributed by atoms with Crippen LogP contribution in [0.3, 0.4) is 0 Å². The number of benzene rings is 3. The average Bonchev–Trinajstić information content (AvgIpc) is 3.00. The molecule has 0 fully saturated rings. The first-order valence-electron chi connectivity index (χ1n) is 16.6. The van der Waals surface area contributed by atoms with Gasteiger partial charge in [-0.3, -0.25) is 4.79 Å². The van der Waals surface area contributed by atoms with Crippen molar-refractivity contribution >= 4 is 38.2 Å². The Labute approximate surface area is 313 Å². The second kappa shape index (κ2) is 21.4. The summed E-state index contributed by atoms with van der Waals surface area (Å²) in [6.45, 7) is 2.98. The number of anilines is 2. The number of fused-ring (bicyclic) bond motifs is 1. The first-order chi connectivity index (χ1) is 21.2. The molecule has 0 saturated carbocycles. The summed E-state index contributed by atoms with van der Waals surface area (Å²) in [5.41, 5.74) is 0.871. The number of phenolic OH excluding ortho intramolecular Hbond substituents is 1. The molecule has 7 nitrogen and oxygen atoms in total. The molecule has 0 unspecified atom stereocenters. The van der Waals surface area contributed by atoms with E-state index in [1.807, 2.05) is 24.1 Å². The van der Waals surface area contributed by atoms with Gasteiger partial charge in [0.05, 0.1) is 21.8 Å². The van der Waals surface area contributed by atoms with E-state index in [4.69, 9.17) is 0 Å². The second-order valence-corrected chi connectivity index (χ2v) is 13.4. The third-order valence-corrected chi connectivity index (χ3v) is 9.24. The number of carbonyl (C=O) groups excluding carboxylic acids is 1. The fourth-order valence-electron chi connectivity index (χ4n) is 5.75. The largest absolute Gasteiger partial charge is 1.00 e. The molecule has 0 heterocycles. The maximum atomic E-state index is 13.2. The zero-order valence-corrected chi connectivity index (χ0v) is 31.6. The molecule has 3 aromatic rings. The summed E-state index contributed by atoms with van der Waals surface area (Å²) in [5.74, 6) is -0.748. The van der Waals surface area contributed by atoms with Crippen molar-refractivity contribution in [3.63, 3.8) is 0 Å². The Morgan fingerprint density at radius 2 is 1.31 bits per heavy atom. The summed E-state index contributed by atoms with van der Waals surface area (Å²) in [4.78, 5) is 14.8. The fourth-order valence-corrected chi connectivity index (χ4v) is 6.25. The molecule has 0 radical (unpaired) electrons. The Bertz CT molecular complexity index is 1430. The first kappa shape index (κ1) is 39.7. The van der Waals surface area contributed by atoms with E-state index < -0.39 is 20.9 Å². The topological polar surface area (TPSA) is 110 Å². The minimum Gasteiger partial charge on any atom is -0.744 e. The minimum atomic E-state index is -4.72. The van der Waals surface area contributed by atoms with Gasteiger partial charge in [0, 0.05) is 19.0 Å². The number of nitrogens with zero attached hydrogens (tertiary/aromatic N) is 1. The average molecular weight is 663 g/mol. The Morgan fingerprint density at radius 1 is 0.778 bits per heavy atom. The van der Waals surface area contributed by atoms with Gasteiger partial charge in [-0.2, -0.15) is 0 Å². The number of rotatable bonds is 21. The molecule has 0 spiro atoms. The molecule has 2 N–H and O–H groups in total. The zero-order chi connectivity index (χ0) is 31.8. The van der Waals surface area contributed by atoms with E-state index in [0.29, 0.717) is 17.6 Å². The van der Waals surface area contributed by atoms with E-state index >= 15 is 0 Å². The van der Waals surface area contributed by atoms with Gasteiger partial charge < -0.3 is 19.9 Å². The normalized spacial score (nSPS) is 11.4. The quantitative estimate of drug-likeness (QED) is 0.0776. The molecular weight excluding hydrogens is 612 g/mol. The third-order valence-electron chi connectivity index (χ3n) is 8.41. The van der Waals surface area contributed by atoms with Gasteiger partial charge in [-0.25, -0.2) is 8.42 Å². The van der Waals surface area contributed by atoms with Crippen LogP contribution in [0, 0.1) is 0 Å². The predicted molar refractivity (Wildman–Crippen MR) is 181 cm³/mol. The molecule has 9 heteroatoms. The van der Waals surface area contributed by atoms with Gasteiger partial charge in [0.25, 0.3) is 5.91 Å². The van der Waals surface area contributed by atoms with Gasteiger partial charge in [-0.05, 0) is 36.1 Å².